The molecule has 2 N–H and O–H groups in total. The summed E-state index contributed by atoms with van der Waals surface area (Å²) < 4.78 is 49.1. The number of imide groups is 1. The van der Waals surface area contributed by atoms with Crippen LogP contribution in [0.15, 0.2) is 23.4 Å². The van der Waals surface area contributed by atoms with Crippen molar-refractivity contribution in [2.45, 2.75) is 17.8 Å². The summed E-state index contributed by atoms with van der Waals surface area (Å²) in [5.74, 6) is -0.571. The van der Waals surface area contributed by atoms with E-state index in [0.29, 0.717) is 17.2 Å². The fraction of sp³-hybridized carbons (Fsp3) is 0.333. The summed E-state index contributed by atoms with van der Waals surface area (Å²) in [5.41, 5.74) is 0.405. The molecule has 3 rings (SSSR count). The first-order chi connectivity index (χ1) is 13.2. The lowest BCUT2D eigenvalue weighted by Crippen LogP contribution is -2.34. The number of anilines is 1. The van der Waals surface area contributed by atoms with Crippen molar-refractivity contribution < 1.29 is 32.2 Å². The molecule has 2 aromatic rings. The molecule has 0 saturated heterocycles. The van der Waals surface area contributed by atoms with Crippen LogP contribution >= 0.6 is 11.8 Å². The number of urea groups is 1. The van der Waals surface area contributed by atoms with Gasteiger partial charge in [-0.2, -0.15) is 13.2 Å². The van der Waals surface area contributed by atoms with Gasteiger partial charge in [-0.3, -0.25) is 10.1 Å². The fourth-order valence-electron chi connectivity index (χ4n) is 2.25. The molecule has 28 heavy (non-hydrogen) atoms. The van der Waals surface area contributed by atoms with Gasteiger partial charge in [-0.25, -0.2) is 4.79 Å². The van der Waals surface area contributed by atoms with Gasteiger partial charge < -0.3 is 19.4 Å². The number of hydrogen-bond acceptors (Lipinski definition) is 7. The summed E-state index contributed by atoms with van der Waals surface area (Å²) in [5, 5.41) is 11.2. The van der Waals surface area contributed by atoms with Crippen LogP contribution in [0.2, 0.25) is 0 Å². The molecule has 1 aliphatic rings. The Hall–Kier alpha value is -2.96. The van der Waals surface area contributed by atoms with Crippen LogP contribution in [0, 0.1) is 0 Å². The number of benzene rings is 1. The topological polar surface area (TPSA) is 107 Å². The van der Waals surface area contributed by atoms with Gasteiger partial charge in [0.05, 0.1) is 0 Å². The van der Waals surface area contributed by atoms with Crippen LogP contribution in [-0.4, -0.2) is 39.2 Å². The van der Waals surface area contributed by atoms with Crippen LogP contribution in [0.3, 0.4) is 0 Å². The molecule has 150 valence electrons. The highest BCUT2D eigenvalue weighted by atomic mass is 32.2. The SMILES string of the molecule is Cn1c(SCCC(=O)NC(=O)Nc2ccc3c(c2)OCO3)nnc1C(F)(F)F. The Morgan fingerprint density at radius 2 is 2.00 bits per heavy atom. The van der Waals surface area contributed by atoms with E-state index in [2.05, 4.69) is 20.8 Å². The standard InChI is InChI=1S/C15H14F3N5O4S/c1-23-12(15(16,17)18)21-22-14(23)28-5-4-11(24)20-13(25)19-8-2-3-9-10(6-8)27-7-26-9/h2-3,6H,4-5,7H2,1H3,(H2,19,20,24,25). The van der Waals surface area contributed by atoms with Crippen LogP contribution in [0.4, 0.5) is 23.7 Å². The highest BCUT2D eigenvalue weighted by Crippen LogP contribution is 2.34. The first-order valence-electron chi connectivity index (χ1n) is 7.84. The van der Waals surface area contributed by atoms with Gasteiger partial charge in [0.1, 0.15) is 0 Å². The van der Waals surface area contributed by atoms with Crippen molar-refractivity contribution >= 4 is 29.4 Å². The van der Waals surface area contributed by atoms with Crippen LogP contribution in [0.1, 0.15) is 12.2 Å². The Bertz CT molecular complexity index is 902. The third-order valence-electron chi connectivity index (χ3n) is 3.53. The molecule has 13 heteroatoms. The molecule has 1 aliphatic heterocycles. The smallest absolute Gasteiger partial charge is 0.451 e. The van der Waals surface area contributed by atoms with E-state index in [1.54, 1.807) is 18.2 Å². The summed E-state index contributed by atoms with van der Waals surface area (Å²) in [6, 6.07) is 4.01. The third-order valence-corrected chi connectivity index (χ3v) is 4.55. The number of carbonyl (C=O) groups is 2. The maximum atomic E-state index is 12.7. The molecule has 0 saturated carbocycles. The number of aromatic nitrogens is 3. The quantitative estimate of drug-likeness (QED) is 0.720. The normalized spacial score (nSPS) is 12.7. The highest BCUT2D eigenvalue weighted by Gasteiger charge is 2.37. The predicted octanol–water partition coefficient (Wildman–Crippen LogP) is 2.39. The molecule has 0 fully saturated rings. The monoisotopic (exact) mass is 417 g/mol. The molecule has 0 bridgehead atoms. The van der Waals surface area contributed by atoms with Gasteiger partial charge in [0.15, 0.2) is 16.7 Å². The van der Waals surface area contributed by atoms with Gasteiger partial charge in [-0.1, -0.05) is 11.8 Å². The van der Waals surface area contributed by atoms with Gasteiger partial charge in [0.25, 0.3) is 0 Å². The summed E-state index contributed by atoms with van der Waals surface area (Å²) in [6.45, 7) is 0.0944. The number of hydrogen-bond donors (Lipinski definition) is 2. The average molecular weight is 417 g/mol. The lowest BCUT2D eigenvalue weighted by atomic mass is 10.3. The predicted molar refractivity (Wildman–Crippen MR) is 91.1 cm³/mol. The van der Waals surface area contributed by atoms with Gasteiger partial charge in [0, 0.05) is 31.0 Å². The number of ether oxygens (including phenoxy) is 2. The Morgan fingerprint density at radius 3 is 2.71 bits per heavy atom. The van der Waals surface area contributed by atoms with Crippen LogP contribution in [0.5, 0.6) is 11.5 Å². The number of nitrogens with one attached hydrogen (secondary N) is 2. The number of carbonyl (C=O) groups excluding carboxylic acids is 2. The molecule has 3 amide bonds. The minimum absolute atomic E-state index is 0.0185. The molecule has 0 atom stereocenters. The third kappa shape index (κ3) is 4.65. The second-order valence-corrected chi connectivity index (χ2v) is 6.59. The molecular weight excluding hydrogens is 403 g/mol. The van der Waals surface area contributed by atoms with Crippen LogP contribution in [0.25, 0.3) is 0 Å². The number of nitrogens with zero attached hydrogens (tertiary/aromatic N) is 3. The molecule has 9 nitrogen and oxygen atoms in total. The van der Waals surface area contributed by atoms with Crippen molar-refractivity contribution in [3.05, 3.63) is 24.0 Å². The maximum absolute atomic E-state index is 12.7. The second-order valence-electron chi connectivity index (χ2n) is 5.53. The van der Waals surface area contributed by atoms with Crippen molar-refractivity contribution in [3.8, 4) is 11.5 Å². The van der Waals surface area contributed by atoms with E-state index in [1.807, 2.05) is 0 Å². The number of alkyl halides is 3. The first-order valence-corrected chi connectivity index (χ1v) is 8.82. The molecular formula is C15H14F3N5O4S. The van der Waals surface area contributed by atoms with E-state index in [4.69, 9.17) is 9.47 Å². The zero-order valence-corrected chi connectivity index (χ0v) is 15.2. The van der Waals surface area contributed by atoms with Gasteiger partial charge in [-0.05, 0) is 12.1 Å². The molecule has 1 aromatic carbocycles. The van der Waals surface area contributed by atoms with Gasteiger partial charge in [-0.15, -0.1) is 10.2 Å². The Morgan fingerprint density at radius 1 is 1.25 bits per heavy atom. The maximum Gasteiger partial charge on any atom is 0.451 e. The molecule has 0 spiro atoms. The highest BCUT2D eigenvalue weighted by molar-refractivity contribution is 7.99. The minimum atomic E-state index is -4.61. The lowest BCUT2D eigenvalue weighted by Gasteiger charge is -2.08. The number of halogens is 3. The van der Waals surface area contributed by atoms with Crippen molar-refractivity contribution in [1.82, 2.24) is 20.1 Å². The zero-order chi connectivity index (χ0) is 20.3. The fourth-order valence-corrected chi connectivity index (χ4v) is 3.10. The Kier molecular flexibility index (Phi) is 5.63. The van der Waals surface area contributed by atoms with Gasteiger partial charge >= 0.3 is 12.2 Å². The summed E-state index contributed by atoms with van der Waals surface area (Å²) >= 11 is 0.923. The van der Waals surface area contributed by atoms with Crippen molar-refractivity contribution in [3.63, 3.8) is 0 Å². The zero-order valence-electron chi connectivity index (χ0n) is 14.4. The van der Waals surface area contributed by atoms with E-state index in [-0.39, 0.29) is 24.1 Å². The molecule has 0 unspecified atom stereocenters. The molecule has 1 aromatic heterocycles. The molecule has 0 aliphatic carbocycles. The molecule has 0 radical (unpaired) electrons. The lowest BCUT2D eigenvalue weighted by molar-refractivity contribution is -0.147. The summed E-state index contributed by atoms with van der Waals surface area (Å²) in [6.07, 6.45) is -4.71. The number of fused-ring (bicyclic) bond motifs is 1. The van der Waals surface area contributed by atoms with E-state index in [1.165, 1.54) is 7.05 Å². The molecule has 2 heterocycles. The van der Waals surface area contributed by atoms with E-state index in [9.17, 15) is 22.8 Å². The Labute approximate surface area is 160 Å². The van der Waals surface area contributed by atoms with E-state index < -0.39 is 23.9 Å². The van der Waals surface area contributed by atoms with E-state index in [0.717, 1.165) is 16.3 Å². The first kappa shape index (κ1) is 19.8. The second kappa shape index (κ2) is 7.96. The average Bonchev–Trinajstić information content (AvgIpc) is 3.20. The number of thioether (sulfide) groups is 1. The van der Waals surface area contributed by atoms with Gasteiger partial charge in [0.2, 0.25) is 18.5 Å². The van der Waals surface area contributed by atoms with Crippen LogP contribution < -0.4 is 20.1 Å². The van der Waals surface area contributed by atoms with Crippen molar-refractivity contribution in [2.75, 3.05) is 17.9 Å². The number of rotatable bonds is 5. The largest absolute Gasteiger partial charge is 0.454 e. The summed E-state index contributed by atoms with van der Waals surface area (Å²) in [4.78, 5) is 23.7. The van der Waals surface area contributed by atoms with Crippen molar-refractivity contribution in [1.29, 1.82) is 0 Å². The van der Waals surface area contributed by atoms with Crippen molar-refractivity contribution in [2.24, 2.45) is 7.05 Å². The minimum Gasteiger partial charge on any atom is -0.454 e. The van der Waals surface area contributed by atoms with Crippen LogP contribution in [-0.2, 0) is 18.0 Å². The summed E-state index contributed by atoms with van der Waals surface area (Å²) in [7, 11) is 1.18. The Balaban J connectivity index is 1.44. The van der Waals surface area contributed by atoms with E-state index >= 15 is 0 Å². The number of amides is 3.